The largest absolute Gasteiger partial charge is 0.472 e. The predicted molar refractivity (Wildman–Crippen MR) is 84.0 cm³/mol. The minimum atomic E-state index is -3.16. The molecule has 3 heterocycles. The molecule has 1 aliphatic heterocycles. The van der Waals surface area contributed by atoms with Crippen LogP contribution in [0.15, 0.2) is 35.3 Å². The van der Waals surface area contributed by atoms with Crippen molar-refractivity contribution in [3.05, 3.63) is 42.1 Å². The first-order valence-electron chi connectivity index (χ1n) is 7.86. The van der Waals surface area contributed by atoms with E-state index in [9.17, 15) is 8.42 Å². The highest BCUT2D eigenvalue weighted by molar-refractivity contribution is 7.90. The number of nitrogens with one attached hydrogen (secondary N) is 1. The predicted octanol–water partition coefficient (Wildman–Crippen LogP) is 1.11. The summed E-state index contributed by atoms with van der Waals surface area (Å²) in [6.07, 6.45) is 6.75. The van der Waals surface area contributed by atoms with Crippen LogP contribution in [0.4, 0.5) is 0 Å². The van der Waals surface area contributed by atoms with Crippen molar-refractivity contribution in [3.8, 4) is 0 Å². The Balaban J connectivity index is 1.47. The fourth-order valence-corrected chi connectivity index (χ4v) is 4.50. The Kier molecular flexibility index (Phi) is 3.74. The lowest BCUT2D eigenvalue weighted by molar-refractivity contribution is 0.167. The number of hydrogen-bond donors (Lipinski definition) is 1. The summed E-state index contributed by atoms with van der Waals surface area (Å²) >= 11 is 0. The van der Waals surface area contributed by atoms with Crippen molar-refractivity contribution in [2.75, 3.05) is 13.1 Å². The van der Waals surface area contributed by atoms with Crippen molar-refractivity contribution in [1.29, 1.82) is 0 Å². The molecule has 0 amide bonds. The van der Waals surface area contributed by atoms with E-state index in [4.69, 9.17) is 4.42 Å². The molecule has 7 nitrogen and oxygen atoms in total. The van der Waals surface area contributed by atoms with Gasteiger partial charge < -0.3 is 4.42 Å². The Hall–Kier alpha value is -1.64. The van der Waals surface area contributed by atoms with Gasteiger partial charge in [-0.25, -0.2) is 13.1 Å². The van der Waals surface area contributed by atoms with Crippen LogP contribution in [0.1, 0.15) is 30.1 Å². The lowest BCUT2D eigenvalue weighted by Gasteiger charge is -2.33. The maximum atomic E-state index is 12.1. The quantitative estimate of drug-likeness (QED) is 0.855. The highest BCUT2D eigenvalue weighted by atomic mass is 32.2. The van der Waals surface area contributed by atoms with Gasteiger partial charge in [-0.15, -0.1) is 0 Å². The number of furan rings is 1. The van der Waals surface area contributed by atoms with Gasteiger partial charge in [0, 0.05) is 37.9 Å². The molecule has 0 bridgehead atoms. The lowest BCUT2D eigenvalue weighted by atomic mass is 10.1. The van der Waals surface area contributed by atoms with Gasteiger partial charge in [0.1, 0.15) is 0 Å². The molecule has 1 N–H and O–H groups in total. The molecule has 0 spiro atoms. The first-order chi connectivity index (χ1) is 11.1. The van der Waals surface area contributed by atoms with E-state index >= 15 is 0 Å². The number of sulfonamides is 1. The molecular formula is C15H20N4O3S. The molecule has 2 aromatic heterocycles. The molecule has 1 aliphatic carbocycles. The van der Waals surface area contributed by atoms with Gasteiger partial charge in [0.15, 0.2) is 0 Å². The van der Waals surface area contributed by atoms with Crippen LogP contribution in [0.2, 0.25) is 0 Å². The summed E-state index contributed by atoms with van der Waals surface area (Å²) in [5, 5.41) is 4.18. The molecule has 0 unspecified atom stereocenters. The summed E-state index contributed by atoms with van der Waals surface area (Å²) < 4.78 is 34.0. The highest BCUT2D eigenvalue weighted by Crippen LogP contribution is 2.28. The Labute approximate surface area is 135 Å². The van der Waals surface area contributed by atoms with Crippen molar-refractivity contribution < 1.29 is 12.8 Å². The van der Waals surface area contributed by atoms with Crippen molar-refractivity contribution in [2.45, 2.75) is 37.2 Å². The number of rotatable bonds is 6. The van der Waals surface area contributed by atoms with E-state index in [-0.39, 0.29) is 11.3 Å². The molecule has 124 valence electrons. The SMILES string of the molecule is O=S(=O)(NC[C@@H]1CN(Cc2ccoc2)Cc2ccnn21)C1CC1. The summed E-state index contributed by atoms with van der Waals surface area (Å²) in [6, 6.07) is 3.95. The van der Waals surface area contributed by atoms with Gasteiger partial charge in [0.25, 0.3) is 0 Å². The molecule has 1 saturated carbocycles. The zero-order valence-corrected chi connectivity index (χ0v) is 13.6. The maximum Gasteiger partial charge on any atom is 0.214 e. The molecule has 4 rings (SSSR count). The molecule has 2 aromatic rings. The van der Waals surface area contributed by atoms with Crippen LogP contribution in [-0.2, 0) is 23.1 Å². The molecule has 0 saturated heterocycles. The number of aromatic nitrogens is 2. The summed E-state index contributed by atoms with van der Waals surface area (Å²) in [7, 11) is -3.16. The highest BCUT2D eigenvalue weighted by Gasteiger charge is 2.36. The smallest absolute Gasteiger partial charge is 0.214 e. The van der Waals surface area contributed by atoms with Crippen LogP contribution in [-0.4, -0.2) is 41.4 Å². The average molecular weight is 336 g/mol. The zero-order chi connectivity index (χ0) is 15.9. The zero-order valence-electron chi connectivity index (χ0n) is 12.8. The van der Waals surface area contributed by atoms with Crippen LogP contribution in [0, 0.1) is 0 Å². The van der Waals surface area contributed by atoms with Crippen molar-refractivity contribution in [2.24, 2.45) is 0 Å². The molecule has 1 atom stereocenters. The Morgan fingerprint density at radius 3 is 2.96 bits per heavy atom. The van der Waals surface area contributed by atoms with Crippen molar-refractivity contribution >= 4 is 10.0 Å². The van der Waals surface area contributed by atoms with E-state index < -0.39 is 10.0 Å². The minimum Gasteiger partial charge on any atom is -0.472 e. The maximum absolute atomic E-state index is 12.1. The van der Waals surface area contributed by atoms with Gasteiger partial charge >= 0.3 is 0 Å². The third-order valence-corrected chi connectivity index (χ3v) is 6.34. The van der Waals surface area contributed by atoms with E-state index in [0.717, 1.165) is 43.7 Å². The van der Waals surface area contributed by atoms with E-state index in [2.05, 4.69) is 14.7 Å². The van der Waals surface area contributed by atoms with E-state index in [1.807, 2.05) is 16.8 Å². The third kappa shape index (κ3) is 3.19. The van der Waals surface area contributed by atoms with Crippen LogP contribution in [0.5, 0.6) is 0 Å². The van der Waals surface area contributed by atoms with E-state index in [0.29, 0.717) is 6.54 Å². The monoisotopic (exact) mass is 336 g/mol. The molecule has 8 heteroatoms. The Morgan fingerprint density at radius 2 is 2.22 bits per heavy atom. The summed E-state index contributed by atoms with van der Waals surface area (Å²) in [5.74, 6) is 0. The molecule has 2 aliphatic rings. The summed E-state index contributed by atoms with van der Waals surface area (Å²) in [4.78, 5) is 2.29. The second-order valence-corrected chi connectivity index (χ2v) is 8.36. The van der Waals surface area contributed by atoms with Gasteiger partial charge in [-0.3, -0.25) is 9.58 Å². The average Bonchev–Trinajstić information content (AvgIpc) is 3.08. The van der Waals surface area contributed by atoms with Crippen LogP contribution in [0.25, 0.3) is 0 Å². The molecule has 1 fully saturated rings. The Morgan fingerprint density at radius 1 is 1.35 bits per heavy atom. The lowest BCUT2D eigenvalue weighted by Crippen LogP contribution is -2.43. The van der Waals surface area contributed by atoms with Gasteiger partial charge in [-0.2, -0.15) is 5.10 Å². The van der Waals surface area contributed by atoms with Crippen molar-refractivity contribution in [1.82, 2.24) is 19.4 Å². The first kappa shape index (κ1) is 14.9. The second-order valence-electron chi connectivity index (χ2n) is 6.31. The molecule has 23 heavy (non-hydrogen) atoms. The Bertz CT molecular complexity index is 765. The molecule has 0 aromatic carbocycles. The van der Waals surface area contributed by atoms with Gasteiger partial charge in [-0.05, 0) is 25.0 Å². The fourth-order valence-electron chi connectivity index (χ4n) is 3.09. The molecular weight excluding hydrogens is 316 g/mol. The topological polar surface area (TPSA) is 80.4 Å². The van der Waals surface area contributed by atoms with Crippen LogP contribution in [0.3, 0.4) is 0 Å². The van der Waals surface area contributed by atoms with Gasteiger partial charge in [0.05, 0.1) is 29.5 Å². The molecule has 0 radical (unpaired) electrons. The second kappa shape index (κ2) is 5.77. The summed E-state index contributed by atoms with van der Waals surface area (Å²) in [5.41, 5.74) is 2.23. The minimum absolute atomic E-state index is 0.00850. The van der Waals surface area contributed by atoms with Crippen LogP contribution < -0.4 is 4.72 Å². The number of nitrogens with zero attached hydrogens (tertiary/aromatic N) is 3. The van der Waals surface area contributed by atoms with Gasteiger partial charge in [0.2, 0.25) is 10.0 Å². The van der Waals surface area contributed by atoms with E-state index in [1.165, 1.54) is 0 Å². The van der Waals surface area contributed by atoms with Gasteiger partial charge in [-0.1, -0.05) is 0 Å². The fraction of sp³-hybridized carbons (Fsp3) is 0.533. The third-order valence-electron chi connectivity index (χ3n) is 4.42. The van der Waals surface area contributed by atoms with E-state index in [1.54, 1.807) is 18.7 Å². The standard InChI is InChI=1S/C15H20N4O3S/c20-23(21,15-1-2-15)17-7-14-10-18(8-12-4-6-22-11-12)9-13-3-5-16-19(13)14/h3-6,11,14-15,17H,1-2,7-10H2/t14-/m1/s1. The number of hydrogen-bond acceptors (Lipinski definition) is 5. The summed E-state index contributed by atoms with van der Waals surface area (Å²) in [6.45, 7) is 2.73. The number of fused-ring (bicyclic) bond motifs is 1. The normalized spacial score (nSPS) is 22.2. The van der Waals surface area contributed by atoms with Crippen LogP contribution >= 0.6 is 0 Å². The first-order valence-corrected chi connectivity index (χ1v) is 9.41. The van der Waals surface area contributed by atoms with Crippen molar-refractivity contribution in [3.63, 3.8) is 0 Å².